The van der Waals surface area contributed by atoms with E-state index in [-0.39, 0.29) is 28.8 Å². The Bertz CT molecular complexity index is 585. The van der Waals surface area contributed by atoms with Crippen LogP contribution in [0.3, 0.4) is 0 Å². The minimum atomic E-state index is -0.898. The predicted molar refractivity (Wildman–Crippen MR) is 80.3 cm³/mol. The van der Waals surface area contributed by atoms with E-state index in [1.54, 1.807) is 13.0 Å². The van der Waals surface area contributed by atoms with Crippen LogP contribution in [-0.2, 0) is 14.3 Å². The van der Waals surface area contributed by atoms with Gasteiger partial charge < -0.3 is 19.3 Å². The van der Waals surface area contributed by atoms with Crippen LogP contribution in [0.1, 0.15) is 18.9 Å². The first kappa shape index (κ1) is 16.5. The molecule has 2 N–H and O–H groups in total. The summed E-state index contributed by atoms with van der Waals surface area (Å²) in [5.41, 5.74) is 2.95. The van der Waals surface area contributed by atoms with E-state index in [9.17, 15) is 9.90 Å². The molecule has 0 aromatic heterocycles. The van der Waals surface area contributed by atoms with Gasteiger partial charge in [0.2, 0.25) is 5.91 Å². The minimum Gasteiger partial charge on any atom is -0.503 e. The van der Waals surface area contributed by atoms with Gasteiger partial charge in [0, 0.05) is 0 Å². The quantitative estimate of drug-likeness (QED) is 0.634. The van der Waals surface area contributed by atoms with Crippen LogP contribution in [0.25, 0.3) is 0 Å². The second-order valence-corrected chi connectivity index (χ2v) is 5.26. The average molecular weight is 329 g/mol. The molecular formula is C14H17ClN2O5. The summed E-state index contributed by atoms with van der Waals surface area (Å²) in [5, 5.41) is 13.6. The highest BCUT2D eigenvalue weighted by Crippen LogP contribution is 2.34. The molecule has 1 saturated heterocycles. The van der Waals surface area contributed by atoms with Crippen LogP contribution < -0.4 is 10.2 Å². The molecule has 0 radical (unpaired) electrons. The standard InChI is InChI=1S/C14H17ClN2O5/c1-14(21-3-4-22-14)7-12(18)17-16-8-9-5-10(15)13(19)11(6-9)20-2/h5-6,8,19H,3-4,7H2,1-2H3,(H,17,18). The number of rotatable bonds is 5. The molecule has 1 aliphatic rings. The number of halogens is 1. The second kappa shape index (κ2) is 6.95. The van der Waals surface area contributed by atoms with E-state index >= 15 is 0 Å². The summed E-state index contributed by atoms with van der Waals surface area (Å²) in [4.78, 5) is 11.8. The van der Waals surface area contributed by atoms with Crippen molar-refractivity contribution in [3.8, 4) is 11.5 Å². The molecule has 120 valence electrons. The zero-order valence-electron chi connectivity index (χ0n) is 12.3. The van der Waals surface area contributed by atoms with Crippen molar-refractivity contribution in [3.63, 3.8) is 0 Å². The second-order valence-electron chi connectivity index (χ2n) is 4.85. The molecule has 0 aliphatic carbocycles. The summed E-state index contributed by atoms with van der Waals surface area (Å²) in [5.74, 6) is -1.16. The number of nitrogens with one attached hydrogen (secondary N) is 1. The van der Waals surface area contributed by atoms with Crippen LogP contribution in [0.15, 0.2) is 17.2 Å². The molecule has 0 saturated carbocycles. The highest BCUT2D eigenvalue weighted by molar-refractivity contribution is 6.32. The van der Waals surface area contributed by atoms with Gasteiger partial charge in [-0.3, -0.25) is 4.79 Å². The Hall–Kier alpha value is -1.83. The van der Waals surface area contributed by atoms with E-state index in [0.29, 0.717) is 18.8 Å². The van der Waals surface area contributed by atoms with Gasteiger partial charge >= 0.3 is 0 Å². The van der Waals surface area contributed by atoms with Crippen molar-refractivity contribution >= 4 is 23.7 Å². The Balaban J connectivity index is 1.95. The number of nitrogens with zero attached hydrogens (tertiary/aromatic N) is 1. The van der Waals surface area contributed by atoms with E-state index in [0.717, 1.165) is 0 Å². The van der Waals surface area contributed by atoms with E-state index in [4.69, 9.17) is 25.8 Å². The fourth-order valence-electron chi connectivity index (χ4n) is 1.99. The number of amides is 1. The molecule has 1 aromatic rings. The normalized spacial score (nSPS) is 16.9. The average Bonchev–Trinajstić information content (AvgIpc) is 2.88. The highest BCUT2D eigenvalue weighted by Gasteiger charge is 2.33. The van der Waals surface area contributed by atoms with Crippen LogP contribution in [0, 0.1) is 0 Å². The van der Waals surface area contributed by atoms with Gasteiger partial charge in [0.1, 0.15) is 0 Å². The molecule has 0 atom stereocenters. The number of carbonyl (C=O) groups excluding carboxylic acids is 1. The Labute approximate surface area is 132 Å². The number of hydrogen-bond donors (Lipinski definition) is 2. The monoisotopic (exact) mass is 328 g/mol. The molecule has 2 rings (SSSR count). The number of benzene rings is 1. The van der Waals surface area contributed by atoms with Gasteiger partial charge in [-0.25, -0.2) is 5.43 Å². The molecule has 1 aromatic carbocycles. The van der Waals surface area contributed by atoms with Crippen molar-refractivity contribution in [2.24, 2.45) is 5.10 Å². The van der Waals surface area contributed by atoms with Crippen LogP contribution in [0.2, 0.25) is 5.02 Å². The first-order valence-electron chi connectivity index (χ1n) is 6.60. The van der Waals surface area contributed by atoms with E-state index in [1.165, 1.54) is 19.4 Å². The third kappa shape index (κ3) is 4.09. The molecule has 0 spiro atoms. The summed E-state index contributed by atoms with van der Waals surface area (Å²) in [6.07, 6.45) is 1.44. The van der Waals surface area contributed by atoms with Gasteiger partial charge in [-0.1, -0.05) is 11.6 Å². The highest BCUT2D eigenvalue weighted by atomic mass is 35.5. The lowest BCUT2D eigenvalue weighted by Crippen LogP contribution is -2.33. The lowest BCUT2D eigenvalue weighted by atomic mass is 10.2. The summed E-state index contributed by atoms with van der Waals surface area (Å²) < 4.78 is 15.7. The first-order valence-corrected chi connectivity index (χ1v) is 6.97. The largest absolute Gasteiger partial charge is 0.503 e. The van der Waals surface area contributed by atoms with E-state index in [2.05, 4.69) is 10.5 Å². The van der Waals surface area contributed by atoms with Crippen LogP contribution >= 0.6 is 11.6 Å². The minimum absolute atomic E-state index is 0.0456. The Morgan fingerprint density at radius 2 is 2.23 bits per heavy atom. The maximum absolute atomic E-state index is 11.8. The number of hydrogen-bond acceptors (Lipinski definition) is 6. The van der Waals surface area contributed by atoms with Crippen LogP contribution in [0.4, 0.5) is 0 Å². The van der Waals surface area contributed by atoms with Gasteiger partial charge in [0.15, 0.2) is 17.3 Å². The topological polar surface area (TPSA) is 89.4 Å². The molecular weight excluding hydrogens is 312 g/mol. The van der Waals surface area contributed by atoms with Gasteiger partial charge in [-0.2, -0.15) is 5.10 Å². The smallest absolute Gasteiger partial charge is 0.245 e. The number of carbonyl (C=O) groups is 1. The molecule has 8 heteroatoms. The lowest BCUT2D eigenvalue weighted by molar-refractivity contribution is -0.159. The Morgan fingerprint density at radius 3 is 2.86 bits per heavy atom. The molecule has 0 unspecified atom stereocenters. The molecule has 7 nitrogen and oxygen atoms in total. The number of aromatic hydroxyl groups is 1. The summed E-state index contributed by atoms with van der Waals surface area (Å²) in [7, 11) is 1.41. The molecule has 0 bridgehead atoms. The van der Waals surface area contributed by atoms with Crippen molar-refractivity contribution in [2.45, 2.75) is 19.1 Å². The maximum atomic E-state index is 11.8. The summed E-state index contributed by atoms with van der Waals surface area (Å²) >= 11 is 5.86. The number of phenolic OH excluding ortho intramolecular Hbond substituents is 1. The molecule has 22 heavy (non-hydrogen) atoms. The van der Waals surface area contributed by atoms with Gasteiger partial charge in [0.05, 0.1) is 38.0 Å². The van der Waals surface area contributed by atoms with Crippen LogP contribution in [-0.4, -0.2) is 43.3 Å². The van der Waals surface area contributed by atoms with E-state index < -0.39 is 5.79 Å². The Kier molecular flexibility index (Phi) is 5.23. The number of methoxy groups -OCH3 is 1. The summed E-state index contributed by atoms with van der Waals surface area (Å²) in [6, 6.07) is 3.04. The van der Waals surface area contributed by atoms with E-state index in [1.807, 2.05) is 0 Å². The fraction of sp³-hybridized carbons (Fsp3) is 0.429. The van der Waals surface area contributed by atoms with Crippen molar-refractivity contribution in [1.82, 2.24) is 5.43 Å². The molecule has 1 amide bonds. The third-order valence-electron chi connectivity index (χ3n) is 3.05. The third-order valence-corrected chi connectivity index (χ3v) is 3.34. The SMILES string of the molecule is COc1cc(C=NNC(=O)CC2(C)OCCO2)cc(Cl)c1O. The van der Waals surface area contributed by atoms with Crippen molar-refractivity contribution < 1.29 is 24.1 Å². The van der Waals surface area contributed by atoms with Gasteiger partial charge in [0.25, 0.3) is 0 Å². The van der Waals surface area contributed by atoms with Gasteiger partial charge in [-0.05, 0) is 24.6 Å². The Morgan fingerprint density at radius 1 is 1.55 bits per heavy atom. The molecule has 1 heterocycles. The van der Waals surface area contributed by atoms with Crippen LogP contribution in [0.5, 0.6) is 11.5 Å². The van der Waals surface area contributed by atoms with Gasteiger partial charge in [-0.15, -0.1) is 0 Å². The lowest BCUT2D eigenvalue weighted by Gasteiger charge is -2.20. The number of phenols is 1. The number of ether oxygens (including phenoxy) is 3. The first-order chi connectivity index (χ1) is 10.4. The van der Waals surface area contributed by atoms with Crippen molar-refractivity contribution in [3.05, 3.63) is 22.7 Å². The number of hydrazone groups is 1. The zero-order chi connectivity index (χ0) is 16.2. The maximum Gasteiger partial charge on any atom is 0.245 e. The van der Waals surface area contributed by atoms with Crippen molar-refractivity contribution in [1.29, 1.82) is 0 Å². The fourth-order valence-corrected chi connectivity index (χ4v) is 2.21. The molecule has 1 fully saturated rings. The molecule has 1 aliphatic heterocycles. The van der Waals surface area contributed by atoms with Crippen molar-refractivity contribution in [2.75, 3.05) is 20.3 Å². The summed E-state index contributed by atoms with van der Waals surface area (Å²) in [6.45, 7) is 2.64. The predicted octanol–water partition coefficient (Wildman–Crippen LogP) is 1.66. The zero-order valence-corrected chi connectivity index (χ0v) is 13.0.